The summed E-state index contributed by atoms with van der Waals surface area (Å²) in [4.78, 5) is 18.6. The van der Waals surface area contributed by atoms with E-state index in [9.17, 15) is 4.79 Å². The number of piperidine rings is 1. The second kappa shape index (κ2) is 7.97. The highest BCUT2D eigenvalue weighted by atomic mass is 35.5. The van der Waals surface area contributed by atoms with Crippen molar-refractivity contribution in [3.05, 3.63) is 30.1 Å². The van der Waals surface area contributed by atoms with Crippen LogP contribution in [0.25, 0.3) is 0 Å². The number of halogens is 2. The number of aromatic nitrogens is 1. The minimum absolute atomic E-state index is 0. The Labute approximate surface area is 139 Å². The number of pyridine rings is 1. The fourth-order valence-corrected chi connectivity index (χ4v) is 2.61. The molecule has 2 N–H and O–H groups in total. The first-order valence-electron chi connectivity index (χ1n) is 6.86. The molecule has 1 aromatic heterocycles. The second-order valence-electron chi connectivity index (χ2n) is 6.15. The van der Waals surface area contributed by atoms with E-state index in [1.807, 2.05) is 24.0 Å². The number of carbonyl (C=O) groups is 1. The van der Waals surface area contributed by atoms with Crippen molar-refractivity contribution in [2.45, 2.75) is 39.2 Å². The van der Waals surface area contributed by atoms with Crippen LogP contribution in [0.5, 0.6) is 0 Å². The Morgan fingerprint density at radius 3 is 2.67 bits per heavy atom. The molecule has 1 saturated heterocycles. The summed E-state index contributed by atoms with van der Waals surface area (Å²) in [7, 11) is 0. The van der Waals surface area contributed by atoms with E-state index < -0.39 is 0 Å². The van der Waals surface area contributed by atoms with Crippen LogP contribution < -0.4 is 5.73 Å². The Hall–Kier alpha value is -0.840. The Morgan fingerprint density at radius 1 is 1.48 bits per heavy atom. The van der Waals surface area contributed by atoms with Crippen LogP contribution in [0, 0.1) is 5.41 Å². The van der Waals surface area contributed by atoms with Crippen molar-refractivity contribution in [1.82, 2.24) is 9.88 Å². The molecular formula is C15H25Cl2N3O. The van der Waals surface area contributed by atoms with Crippen LogP contribution in [0.3, 0.4) is 0 Å². The molecule has 1 aromatic rings. The first-order valence-corrected chi connectivity index (χ1v) is 6.86. The number of nitrogens with zero attached hydrogens (tertiary/aromatic N) is 2. The van der Waals surface area contributed by atoms with Gasteiger partial charge in [-0.05, 0) is 30.4 Å². The molecule has 21 heavy (non-hydrogen) atoms. The third kappa shape index (κ3) is 4.56. The van der Waals surface area contributed by atoms with Crippen molar-refractivity contribution < 1.29 is 4.79 Å². The minimum Gasteiger partial charge on any atom is -0.342 e. The Bertz CT molecular complexity index is 453. The maximum atomic E-state index is 12.6. The van der Waals surface area contributed by atoms with Gasteiger partial charge in [-0.25, -0.2) is 0 Å². The quantitative estimate of drug-likeness (QED) is 0.904. The van der Waals surface area contributed by atoms with Crippen LogP contribution in [0.4, 0.5) is 0 Å². The molecule has 1 amide bonds. The first-order chi connectivity index (χ1) is 8.92. The van der Waals surface area contributed by atoms with Crippen molar-refractivity contribution in [2.75, 3.05) is 13.1 Å². The van der Waals surface area contributed by atoms with Crippen molar-refractivity contribution in [2.24, 2.45) is 11.1 Å². The molecule has 0 saturated carbocycles. The highest BCUT2D eigenvalue weighted by molar-refractivity contribution is 5.85. The molecule has 120 valence electrons. The predicted molar refractivity (Wildman–Crippen MR) is 90.1 cm³/mol. The predicted octanol–water partition coefficient (Wildman–Crippen LogP) is 2.61. The summed E-state index contributed by atoms with van der Waals surface area (Å²) in [6, 6.07) is 4.00. The topological polar surface area (TPSA) is 59.2 Å². The molecule has 6 heteroatoms. The van der Waals surface area contributed by atoms with E-state index in [1.165, 1.54) is 0 Å². The van der Waals surface area contributed by atoms with Gasteiger partial charge in [0.15, 0.2) is 0 Å². The van der Waals surface area contributed by atoms with Gasteiger partial charge in [-0.1, -0.05) is 19.9 Å². The highest BCUT2D eigenvalue weighted by Gasteiger charge is 2.36. The molecule has 2 atom stereocenters. The van der Waals surface area contributed by atoms with E-state index in [1.54, 1.807) is 12.4 Å². The first kappa shape index (κ1) is 20.2. The number of nitrogens with two attached hydrogens (primary N) is 1. The fourth-order valence-electron chi connectivity index (χ4n) is 2.61. The van der Waals surface area contributed by atoms with Gasteiger partial charge in [-0.2, -0.15) is 0 Å². The van der Waals surface area contributed by atoms with Crippen LogP contribution >= 0.6 is 24.8 Å². The zero-order valence-electron chi connectivity index (χ0n) is 12.8. The summed E-state index contributed by atoms with van der Waals surface area (Å²) < 4.78 is 0. The number of hydrogen-bond acceptors (Lipinski definition) is 3. The number of likely N-dealkylation sites (tertiary alicyclic amines) is 1. The zero-order chi connectivity index (χ0) is 14.0. The minimum atomic E-state index is -0.140. The van der Waals surface area contributed by atoms with Gasteiger partial charge in [-0.3, -0.25) is 9.78 Å². The Morgan fingerprint density at radius 2 is 2.14 bits per heavy atom. The highest BCUT2D eigenvalue weighted by Crippen LogP contribution is 2.29. The molecule has 1 fully saturated rings. The lowest BCUT2D eigenvalue weighted by atomic mass is 9.79. The van der Waals surface area contributed by atoms with Crippen molar-refractivity contribution in [3.8, 4) is 0 Å². The van der Waals surface area contributed by atoms with Crippen molar-refractivity contribution in [3.63, 3.8) is 0 Å². The normalized spacial score (nSPS) is 21.7. The third-order valence-electron chi connectivity index (χ3n) is 4.18. The largest absolute Gasteiger partial charge is 0.342 e. The molecule has 2 unspecified atom stereocenters. The Kier molecular flexibility index (Phi) is 7.65. The average Bonchev–Trinajstić information content (AvgIpc) is 2.41. The molecule has 1 aliphatic rings. The molecule has 0 spiro atoms. The third-order valence-corrected chi connectivity index (χ3v) is 4.18. The lowest BCUT2D eigenvalue weighted by molar-refractivity contribution is -0.135. The van der Waals surface area contributed by atoms with E-state index in [4.69, 9.17) is 5.73 Å². The van der Waals surface area contributed by atoms with E-state index in [2.05, 4.69) is 18.8 Å². The lowest BCUT2D eigenvalue weighted by Crippen LogP contribution is -2.54. The van der Waals surface area contributed by atoms with Crippen LogP contribution in [-0.2, 0) is 4.79 Å². The molecule has 0 bridgehead atoms. The van der Waals surface area contributed by atoms with Gasteiger partial charge in [0.05, 0.1) is 5.92 Å². The van der Waals surface area contributed by atoms with E-state index in [0.29, 0.717) is 0 Å². The van der Waals surface area contributed by atoms with Crippen LogP contribution in [-0.4, -0.2) is 34.9 Å². The van der Waals surface area contributed by atoms with E-state index >= 15 is 0 Å². The fraction of sp³-hybridized carbons (Fsp3) is 0.600. The molecule has 0 aromatic carbocycles. The van der Waals surface area contributed by atoms with Gasteiger partial charge in [0.2, 0.25) is 5.91 Å². The summed E-state index contributed by atoms with van der Waals surface area (Å²) in [5, 5.41) is 0. The van der Waals surface area contributed by atoms with E-state index in [0.717, 1.165) is 25.1 Å². The standard InChI is InChI=1S/C15H23N3O.2ClH/c1-11(12-5-4-7-17-9-12)14(19)18-8-6-13(16)15(2,3)10-18;;/h4-5,7,9,11,13H,6,8,10,16H2,1-3H3;2*1H. The maximum Gasteiger partial charge on any atom is 0.229 e. The van der Waals surface area contributed by atoms with Gasteiger partial charge < -0.3 is 10.6 Å². The van der Waals surface area contributed by atoms with Gasteiger partial charge in [0.25, 0.3) is 0 Å². The van der Waals surface area contributed by atoms with Crippen LogP contribution in [0.15, 0.2) is 24.5 Å². The average molecular weight is 334 g/mol. The molecule has 2 heterocycles. The number of hydrogen-bond donors (Lipinski definition) is 1. The molecule has 4 nitrogen and oxygen atoms in total. The SMILES string of the molecule is CC(C(=O)N1CCC(N)C(C)(C)C1)c1cccnc1.Cl.Cl. The summed E-state index contributed by atoms with van der Waals surface area (Å²) >= 11 is 0. The molecule has 1 aliphatic heterocycles. The summed E-state index contributed by atoms with van der Waals surface area (Å²) in [5.41, 5.74) is 7.08. The van der Waals surface area contributed by atoms with Crippen LogP contribution in [0.1, 0.15) is 38.7 Å². The van der Waals surface area contributed by atoms with Gasteiger partial charge in [0.1, 0.15) is 0 Å². The molecule has 2 rings (SSSR count). The van der Waals surface area contributed by atoms with Gasteiger partial charge in [-0.15, -0.1) is 24.8 Å². The maximum absolute atomic E-state index is 12.6. The number of carbonyl (C=O) groups excluding carboxylic acids is 1. The monoisotopic (exact) mass is 333 g/mol. The van der Waals surface area contributed by atoms with Crippen LogP contribution in [0.2, 0.25) is 0 Å². The summed E-state index contributed by atoms with van der Waals surface area (Å²) in [5.74, 6) is 0.0341. The molecule has 0 radical (unpaired) electrons. The smallest absolute Gasteiger partial charge is 0.229 e. The second-order valence-corrected chi connectivity index (χ2v) is 6.15. The van der Waals surface area contributed by atoms with Gasteiger partial charge >= 0.3 is 0 Å². The zero-order valence-corrected chi connectivity index (χ0v) is 14.4. The van der Waals surface area contributed by atoms with Gasteiger partial charge in [0, 0.05) is 31.5 Å². The van der Waals surface area contributed by atoms with Crippen molar-refractivity contribution in [1.29, 1.82) is 0 Å². The summed E-state index contributed by atoms with van der Waals surface area (Å²) in [6.45, 7) is 7.70. The summed E-state index contributed by atoms with van der Waals surface area (Å²) in [6.07, 6.45) is 4.37. The Balaban J connectivity index is 0.00000200. The number of rotatable bonds is 2. The van der Waals surface area contributed by atoms with Crippen molar-refractivity contribution >= 4 is 30.7 Å². The van der Waals surface area contributed by atoms with E-state index in [-0.39, 0.29) is 48.1 Å². The molecule has 0 aliphatic carbocycles. The number of amides is 1. The lowest BCUT2D eigenvalue weighted by Gasteiger charge is -2.43. The molecular weight excluding hydrogens is 309 g/mol.